The maximum Gasteiger partial charge on any atom is 0.236 e. The molecule has 0 atom stereocenters. The van der Waals surface area contributed by atoms with E-state index in [4.69, 9.17) is 9.47 Å². The van der Waals surface area contributed by atoms with Crippen molar-refractivity contribution in [3.8, 4) is 11.5 Å². The zero-order valence-electron chi connectivity index (χ0n) is 10.5. The fourth-order valence-electron chi connectivity index (χ4n) is 1.62. The summed E-state index contributed by atoms with van der Waals surface area (Å²) < 4.78 is 11.1. The Morgan fingerprint density at radius 1 is 1.22 bits per heavy atom. The summed E-state index contributed by atoms with van der Waals surface area (Å²) >= 11 is 0. The third-order valence-corrected chi connectivity index (χ3v) is 2.55. The summed E-state index contributed by atoms with van der Waals surface area (Å²) in [5.74, 6) is 1.29. The monoisotopic (exact) mass is 248 g/mol. The molecule has 18 heavy (non-hydrogen) atoms. The van der Waals surface area contributed by atoms with E-state index in [1.165, 1.54) is 6.92 Å². The molecule has 1 amide bonds. The van der Waals surface area contributed by atoms with E-state index in [9.17, 15) is 4.79 Å². The molecule has 0 saturated carbocycles. The van der Waals surface area contributed by atoms with Crippen molar-refractivity contribution in [3.05, 3.63) is 23.8 Å². The number of ether oxygens (including phenoxy) is 2. The summed E-state index contributed by atoms with van der Waals surface area (Å²) in [6.45, 7) is 4.57. The Labute approximate surface area is 106 Å². The lowest BCUT2D eigenvalue weighted by Gasteiger charge is -2.09. The molecule has 1 aromatic carbocycles. The number of amides is 1. The van der Waals surface area contributed by atoms with Crippen molar-refractivity contribution in [3.63, 3.8) is 0 Å². The van der Waals surface area contributed by atoms with E-state index < -0.39 is 0 Å². The summed E-state index contributed by atoms with van der Waals surface area (Å²) in [5.41, 5.74) is 4.03. The molecule has 0 saturated heterocycles. The number of carbonyl (C=O) groups excluding carboxylic acids is 1. The second-order valence-corrected chi connectivity index (χ2v) is 4.08. The predicted octanol–water partition coefficient (Wildman–Crippen LogP) is 1.71. The van der Waals surface area contributed by atoms with Gasteiger partial charge in [0.25, 0.3) is 0 Å². The largest absolute Gasteiger partial charge is 0.490 e. The van der Waals surface area contributed by atoms with Gasteiger partial charge in [0.1, 0.15) is 0 Å². The van der Waals surface area contributed by atoms with Crippen LogP contribution in [0.15, 0.2) is 23.3 Å². The molecule has 5 heteroatoms. The normalized spacial score (nSPS) is 14.9. The summed E-state index contributed by atoms with van der Waals surface area (Å²) in [6, 6.07) is 5.64. The predicted molar refractivity (Wildman–Crippen MR) is 68.1 cm³/mol. The molecule has 1 aliphatic rings. The van der Waals surface area contributed by atoms with Crippen molar-refractivity contribution in [2.75, 3.05) is 13.2 Å². The molecule has 1 N–H and O–H groups in total. The van der Waals surface area contributed by atoms with Gasteiger partial charge in [0.15, 0.2) is 11.5 Å². The molecular formula is C13H16N2O3. The maximum absolute atomic E-state index is 10.8. The summed E-state index contributed by atoms with van der Waals surface area (Å²) in [4.78, 5) is 10.8. The molecule has 0 aliphatic carbocycles. The van der Waals surface area contributed by atoms with Crippen LogP contribution in [0.4, 0.5) is 0 Å². The average molecular weight is 248 g/mol. The van der Waals surface area contributed by atoms with Crippen LogP contribution in [-0.4, -0.2) is 24.8 Å². The molecule has 1 heterocycles. The van der Waals surface area contributed by atoms with Gasteiger partial charge in [-0.3, -0.25) is 4.79 Å². The summed E-state index contributed by atoms with van der Waals surface area (Å²) in [6.07, 6.45) is 0.878. The van der Waals surface area contributed by atoms with Crippen molar-refractivity contribution in [1.29, 1.82) is 0 Å². The van der Waals surface area contributed by atoms with Crippen LogP contribution in [0.2, 0.25) is 0 Å². The fraction of sp³-hybridized carbons (Fsp3) is 0.385. The van der Waals surface area contributed by atoms with E-state index in [1.54, 1.807) is 0 Å². The Morgan fingerprint density at radius 3 is 2.67 bits per heavy atom. The van der Waals surface area contributed by atoms with Gasteiger partial charge in [0.05, 0.1) is 18.9 Å². The molecule has 0 spiro atoms. The number of hydrazone groups is 1. The number of rotatable bonds is 2. The quantitative estimate of drug-likeness (QED) is 0.640. The molecule has 0 aromatic heterocycles. The minimum Gasteiger partial charge on any atom is -0.490 e. The highest BCUT2D eigenvalue weighted by molar-refractivity contribution is 5.99. The van der Waals surface area contributed by atoms with Crippen molar-refractivity contribution in [2.24, 2.45) is 5.10 Å². The average Bonchev–Trinajstić information content (AvgIpc) is 2.60. The first kappa shape index (κ1) is 12.4. The summed E-state index contributed by atoms with van der Waals surface area (Å²) in [7, 11) is 0. The van der Waals surface area contributed by atoms with Crippen LogP contribution in [0.5, 0.6) is 11.5 Å². The van der Waals surface area contributed by atoms with E-state index in [0.717, 1.165) is 29.2 Å². The molecule has 0 bridgehead atoms. The van der Waals surface area contributed by atoms with Crippen LogP contribution in [0.25, 0.3) is 0 Å². The second kappa shape index (κ2) is 5.53. The van der Waals surface area contributed by atoms with Crippen molar-refractivity contribution >= 4 is 11.6 Å². The highest BCUT2D eigenvalue weighted by atomic mass is 16.5. The van der Waals surface area contributed by atoms with Crippen LogP contribution < -0.4 is 14.9 Å². The molecule has 96 valence electrons. The Hall–Kier alpha value is -2.04. The molecule has 0 fully saturated rings. The van der Waals surface area contributed by atoms with Crippen LogP contribution in [-0.2, 0) is 4.79 Å². The first-order chi connectivity index (χ1) is 8.66. The number of benzene rings is 1. The standard InChI is InChI=1S/C13H16N2O3/c1-9(14-15-10(2)16)11-4-5-12-13(8-11)18-7-3-6-17-12/h4-5,8H,3,6-7H2,1-2H3,(H,15,16)/b14-9-. The number of fused-ring (bicyclic) bond motifs is 1. The highest BCUT2D eigenvalue weighted by Gasteiger charge is 2.11. The van der Waals surface area contributed by atoms with Crippen LogP contribution in [0.3, 0.4) is 0 Å². The van der Waals surface area contributed by atoms with Gasteiger partial charge in [-0.15, -0.1) is 0 Å². The fourth-order valence-corrected chi connectivity index (χ4v) is 1.62. The number of carbonyl (C=O) groups is 1. The Balaban J connectivity index is 2.22. The third kappa shape index (κ3) is 3.00. The van der Waals surface area contributed by atoms with Crippen LogP contribution in [0, 0.1) is 0 Å². The molecular weight excluding hydrogens is 232 g/mol. The lowest BCUT2D eigenvalue weighted by Crippen LogP contribution is -2.15. The molecule has 5 nitrogen and oxygen atoms in total. The molecule has 2 rings (SSSR count). The first-order valence-electron chi connectivity index (χ1n) is 5.87. The van der Waals surface area contributed by atoms with Gasteiger partial charge in [0, 0.05) is 18.9 Å². The zero-order chi connectivity index (χ0) is 13.0. The maximum atomic E-state index is 10.8. The Kier molecular flexibility index (Phi) is 3.82. The Morgan fingerprint density at radius 2 is 1.94 bits per heavy atom. The zero-order valence-corrected chi connectivity index (χ0v) is 10.5. The van der Waals surface area contributed by atoms with E-state index in [1.807, 2.05) is 25.1 Å². The minimum atomic E-state index is -0.191. The Bertz CT molecular complexity index is 483. The smallest absolute Gasteiger partial charge is 0.236 e. The minimum absolute atomic E-state index is 0.191. The summed E-state index contributed by atoms with van der Waals surface area (Å²) in [5, 5.41) is 3.99. The van der Waals surface area contributed by atoms with Crippen LogP contribution in [0.1, 0.15) is 25.8 Å². The van der Waals surface area contributed by atoms with Gasteiger partial charge in [-0.05, 0) is 25.1 Å². The third-order valence-electron chi connectivity index (χ3n) is 2.55. The van der Waals surface area contributed by atoms with Crippen molar-refractivity contribution < 1.29 is 14.3 Å². The number of hydrogen-bond donors (Lipinski definition) is 1. The van der Waals surface area contributed by atoms with Gasteiger partial charge in [-0.2, -0.15) is 5.10 Å². The van der Waals surface area contributed by atoms with Gasteiger partial charge in [-0.25, -0.2) is 5.43 Å². The lowest BCUT2D eigenvalue weighted by atomic mass is 10.1. The van der Waals surface area contributed by atoms with Gasteiger partial charge in [-0.1, -0.05) is 0 Å². The number of nitrogens with zero attached hydrogens (tertiary/aromatic N) is 1. The second-order valence-electron chi connectivity index (χ2n) is 4.08. The lowest BCUT2D eigenvalue weighted by molar-refractivity contribution is -0.118. The van der Waals surface area contributed by atoms with E-state index in [-0.39, 0.29) is 5.91 Å². The van der Waals surface area contributed by atoms with E-state index in [0.29, 0.717) is 13.2 Å². The molecule has 0 radical (unpaired) electrons. The van der Waals surface area contributed by atoms with Gasteiger partial charge in [0.2, 0.25) is 5.91 Å². The van der Waals surface area contributed by atoms with Gasteiger partial charge < -0.3 is 9.47 Å². The molecule has 1 aromatic rings. The highest BCUT2D eigenvalue weighted by Crippen LogP contribution is 2.30. The molecule has 0 unspecified atom stereocenters. The molecule has 1 aliphatic heterocycles. The SMILES string of the molecule is CC(=O)N/N=C(/C)c1ccc2c(c1)OCCCO2. The van der Waals surface area contributed by atoms with Crippen molar-refractivity contribution in [2.45, 2.75) is 20.3 Å². The van der Waals surface area contributed by atoms with E-state index >= 15 is 0 Å². The number of hydrogen-bond acceptors (Lipinski definition) is 4. The van der Waals surface area contributed by atoms with Gasteiger partial charge >= 0.3 is 0 Å². The van der Waals surface area contributed by atoms with Crippen molar-refractivity contribution in [1.82, 2.24) is 5.43 Å². The van der Waals surface area contributed by atoms with Crippen LogP contribution >= 0.6 is 0 Å². The topological polar surface area (TPSA) is 59.9 Å². The van der Waals surface area contributed by atoms with E-state index in [2.05, 4.69) is 10.5 Å². The first-order valence-corrected chi connectivity index (χ1v) is 5.87. The number of nitrogens with one attached hydrogen (secondary N) is 1.